The number of carbonyl (C=O) groups is 1. The Balaban J connectivity index is 1.51. The number of carbonyl (C=O) groups excluding carboxylic acids is 1. The zero-order chi connectivity index (χ0) is 18.9. The molecule has 1 aromatic carbocycles. The van der Waals surface area contributed by atoms with Crippen molar-refractivity contribution in [3.63, 3.8) is 0 Å². The average molecular weight is 362 g/mol. The molecule has 6 heteroatoms. The molecule has 1 amide bonds. The van der Waals surface area contributed by atoms with Gasteiger partial charge in [-0.1, -0.05) is 47.6 Å². The highest BCUT2D eigenvalue weighted by atomic mass is 16.5. The molecule has 0 atom stereocenters. The van der Waals surface area contributed by atoms with Crippen LogP contribution in [0.3, 0.4) is 0 Å². The maximum Gasteiger partial charge on any atom is 0.227 e. The smallest absolute Gasteiger partial charge is 0.227 e. The van der Waals surface area contributed by atoms with Gasteiger partial charge in [0, 0.05) is 43.9 Å². The number of hydrogen-bond acceptors (Lipinski definition) is 5. The first-order valence-electron chi connectivity index (χ1n) is 8.98. The van der Waals surface area contributed by atoms with E-state index in [2.05, 4.69) is 15.1 Å². The van der Waals surface area contributed by atoms with Gasteiger partial charge in [-0.25, -0.2) is 0 Å². The van der Waals surface area contributed by atoms with Crippen LogP contribution in [0.1, 0.15) is 24.8 Å². The first-order chi connectivity index (χ1) is 13.3. The number of amides is 1. The van der Waals surface area contributed by atoms with Crippen LogP contribution in [0, 0.1) is 0 Å². The Morgan fingerprint density at radius 2 is 1.93 bits per heavy atom. The summed E-state index contributed by atoms with van der Waals surface area (Å²) in [6, 6.07) is 13.7. The van der Waals surface area contributed by atoms with Crippen LogP contribution in [-0.4, -0.2) is 39.0 Å². The van der Waals surface area contributed by atoms with Crippen LogP contribution in [0.15, 0.2) is 65.5 Å². The first kappa shape index (κ1) is 18.5. The summed E-state index contributed by atoms with van der Waals surface area (Å²) in [6.07, 6.45) is 8.15. The third-order valence-electron chi connectivity index (χ3n) is 4.13. The van der Waals surface area contributed by atoms with Gasteiger partial charge in [0.15, 0.2) is 0 Å². The lowest BCUT2D eigenvalue weighted by molar-refractivity contribution is -0.130. The second-order valence-electron chi connectivity index (χ2n) is 5.99. The predicted molar refractivity (Wildman–Crippen MR) is 104 cm³/mol. The van der Waals surface area contributed by atoms with Gasteiger partial charge in [-0.15, -0.1) is 0 Å². The third-order valence-corrected chi connectivity index (χ3v) is 4.13. The minimum atomic E-state index is 0.0684. The van der Waals surface area contributed by atoms with Crippen molar-refractivity contribution in [2.45, 2.75) is 19.8 Å². The van der Waals surface area contributed by atoms with Gasteiger partial charge >= 0.3 is 0 Å². The van der Waals surface area contributed by atoms with Crippen LogP contribution in [0.25, 0.3) is 17.5 Å². The molecule has 0 bridgehead atoms. The molecule has 0 aliphatic rings. The van der Waals surface area contributed by atoms with Crippen molar-refractivity contribution >= 4 is 12.0 Å². The molecule has 27 heavy (non-hydrogen) atoms. The van der Waals surface area contributed by atoms with Crippen LogP contribution in [0.5, 0.6) is 0 Å². The highest BCUT2D eigenvalue weighted by Gasteiger charge is 2.14. The fourth-order valence-electron chi connectivity index (χ4n) is 2.63. The van der Waals surface area contributed by atoms with Crippen molar-refractivity contribution in [1.29, 1.82) is 0 Å². The van der Waals surface area contributed by atoms with E-state index >= 15 is 0 Å². The SMILES string of the molecule is CCN(C/C=C/c1ccccc1)C(=O)CCc1nc(-c2ccncc2)no1. The highest BCUT2D eigenvalue weighted by molar-refractivity contribution is 5.76. The van der Waals surface area contributed by atoms with Gasteiger partial charge in [0.1, 0.15) is 0 Å². The van der Waals surface area contributed by atoms with E-state index in [0.717, 1.165) is 11.1 Å². The van der Waals surface area contributed by atoms with Crippen molar-refractivity contribution in [3.8, 4) is 11.4 Å². The van der Waals surface area contributed by atoms with Crippen LogP contribution in [0.4, 0.5) is 0 Å². The van der Waals surface area contributed by atoms with E-state index in [0.29, 0.717) is 37.6 Å². The highest BCUT2D eigenvalue weighted by Crippen LogP contribution is 2.15. The zero-order valence-corrected chi connectivity index (χ0v) is 15.3. The number of hydrogen-bond donors (Lipinski definition) is 0. The second-order valence-corrected chi connectivity index (χ2v) is 5.99. The summed E-state index contributed by atoms with van der Waals surface area (Å²) in [4.78, 5) is 22.6. The van der Waals surface area contributed by atoms with Gasteiger partial charge in [0.25, 0.3) is 0 Å². The third kappa shape index (κ3) is 5.34. The normalized spacial score (nSPS) is 11.0. The molecule has 138 valence electrons. The number of rotatable bonds is 8. The number of pyridine rings is 1. The molecule has 0 fully saturated rings. The lowest BCUT2D eigenvalue weighted by Gasteiger charge is -2.18. The maximum atomic E-state index is 12.5. The Hall–Kier alpha value is -3.28. The van der Waals surface area contributed by atoms with Crippen LogP contribution < -0.4 is 0 Å². The molecule has 0 spiro atoms. The fourth-order valence-corrected chi connectivity index (χ4v) is 2.63. The standard InChI is InChI=1S/C21H22N4O2/c1-2-25(16-6-9-17-7-4-3-5-8-17)20(26)11-10-19-23-21(24-27-19)18-12-14-22-15-13-18/h3-9,12-15H,2,10-11,16H2,1H3/b9-6+. The minimum absolute atomic E-state index is 0.0684. The number of aromatic nitrogens is 3. The number of likely N-dealkylation sites (N-methyl/N-ethyl adjacent to an activating group) is 1. The molecule has 0 N–H and O–H groups in total. The van der Waals surface area contributed by atoms with Crippen LogP contribution in [-0.2, 0) is 11.2 Å². The second kappa shape index (κ2) is 9.43. The lowest BCUT2D eigenvalue weighted by atomic mass is 10.2. The molecule has 2 heterocycles. The summed E-state index contributed by atoms with van der Waals surface area (Å²) in [6.45, 7) is 3.21. The van der Waals surface area contributed by atoms with E-state index in [-0.39, 0.29) is 5.91 Å². The quantitative estimate of drug-likeness (QED) is 0.612. The largest absolute Gasteiger partial charge is 0.339 e. The van der Waals surface area contributed by atoms with Crippen molar-refractivity contribution in [2.75, 3.05) is 13.1 Å². The molecule has 3 aromatic rings. The maximum absolute atomic E-state index is 12.5. The van der Waals surface area contributed by atoms with E-state index in [1.165, 1.54) is 0 Å². The van der Waals surface area contributed by atoms with E-state index in [1.807, 2.05) is 61.5 Å². The summed E-state index contributed by atoms with van der Waals surface area (Å²) >= 11 is 0. The summed E-state index contributed by atoms with van der Waals surface area (Å²) in [7, 11) is 0. The first-order valence-corrected chi connectivity index (χ1v) is 8.98. The van der Waals surface area contributed by atoms with Gasteiger partial charge < -0.3 is 9.42 Å². The predicted octanol–water partition coefficient (Wildman–Crippen LogP) is 3.63. The molecule has 0 radical (unpaired) electrons. The zero-order valence-electron chi connectivity index (χ0n) is 15.3. The Kier molecular flexibility index (Phi) is 6.46. The van der Waals surface area contributed by atoms with Crippen molar-refractivity contribution in [2.24, 2.45) is 0 Å². The van der Waals surface area contributed by atoms with Crippen molar-refractivity contribution in [1.82, 2.24) is 20.0 Å². The Morgan fingerprint density at radius 1 is 1.15 bits per heavy atom. The number of nitrogens with zero attached hydrogens (tertiary/aromatic N) is 4. The van der Waals surface area contributed by atoms with Gasteiger partial charge in [-0.3, -0.25) is 9.78 Å². The Morgan fingerprint density at radius 3 is 2.67 bits per heavy atom. The molecule has 0 aliphatic carbocycles. The van der Waals surface area contributed by atoms with Crippen molar-refractivity contribution < 1.29 is 9.32 Å². The molecule has 6 nitrogen and oxygen atoms in total. The van der Waals surface area contributed by atoms with Gasteiger partial charge in [-0.05, 0) is 24.6 Å². The Bertz CT molecular complexity index is 875. The fraction of sp³-hybridized carbons (Fsp3) is 0.238. The summed E-state index contributed by atoms with van der Waals surface area (Å²) < 4.78 is 5.26. The van der Waals surface area contributed by atoms with E-state index in [4.69, 9.17) is 4.52 Å². The van der Waals surface area contributed by atoms with E-state index in [9.17, 15) is 4.79 Å². The van der Waals surface area contributed by atoms with Crippen LogP contribution in [0.2, 0.25) is 0 Å². The summed E-state index contributed by atoms with van der Waals surface area (Å²) in [5.74, 6) is 1.04. The molecule has 0 saturated carbocycles. The number of aryl methyl sites for hydroxylation is 1. The average Bonchev–Trinajstić information content (AvgIpc) is 3.20. The molecule has 2 aromatic heterocycles. The van der Waals surface area contributed by atoms with Gasteiger partial charge in [0.05, 0.1) is 0 Å². The topological polar surface area (TPSA) is 72.1 Å². The number of benzene rings is 1. The summed E-state index contributed by atoms with van der Waals surface area (Å²) in [5, 5.41) is 3.96. The van der Waals surface area contributed by atoms with Crippen LogP contribution >= 0.6 is 0 Å². The van der Waals surface area contributed by atoms with Gasteiger partial charge in [-0.2, -0.15) is 4.98 Å². The molecule has 0 aliphatic heterocycles. The van der Waals surface area contributed by atoms with Crippen molar-refractivity contribution in [3.05, 3.63) is 72.4 Å². The Labute approximate surface area is 158 Å². The molecular formula is C21H22N4O2. The molecule has 0 unspecified atom stereocenters. The van der Waals surface area contributed by atoms with Gasteiger partial charge in [0.2, 0.25) is 17.6 Å². The molecule has 0 saturated heterocycles. The van der Waals surface area contributed by atoms with E-state index < -0.39 is 0 Å². The molecular weight excluding hydrogens is 340 g/mol. The molecule has 3 rings (SSSR count). The van der Waals surface area contributed by atoms with E-state index in [1.54, 1.807) is 17.3 Å². The monoisotopic (exact) mass is 362 g/mol. The lowest BCUT2D eigenvalue weighted by Crippen LogP contribution is -2.31. The summed E-state index contributed by atoms with van der Waals surface area (Å²) in [5.41, 5.74) is 1.96. The minimum Gasteiger partial charge on any atom is -0.339 e.